The number of nitrogens with zero attached hydrogens (tertiary/aromatic N) is 2. The number of hydrogen-bond donors (Lipinski definition) is 9. The second kappa shape index (κ2) is 20.6. The average Bonchev–Trinajstić information content (AvgIpc) is 3.50. The first-order valence-electron chi connectivity index (χ1n) is 18.4. The minimum atomic E-state index is -5.04. The summed E-state index contributed by atoms with van der Waals surface area (Å²) in [5, 5.41) is 47.6. The van der Waals surface area contributed by atoms with Gasteiger partial charge in [0.15, 0.2) is 12.2 Å². The molecule has 11 atom stereocenters. The number of fused-ring (bicyclic) bond motifs is 1. The number of nitrogens with two attached hydrogens (primary N) is 2. The smallest absolute Gasteiger partial charge is 0.397 e. The van der Waals surface area contributed by atoms with Gasteiger partial charge in [-0.25, -0.2) is 4.18 Å². The fraction of sp³-hybridized carbons (Fsp3) is 0.706. The van der Waals surface area contributed by atoms with Crippen LogP contribution in [0.4, 0.5) is 0 Å². The second-order valence-corrected chi connectivity index (χ2v) is 16.3. The lowest BCUT2D eigenvalue weighted by Crippen LogP contribution is -2.63. The predicted molar refractivity (Wildman–Crippen MR) is 202 cm³/mol. The monoisotopic (exact) mass is 854 g/mol. The summed E-state index contributed by atoms with van der Waals surface area (Å²) in [5.74, 6) is -2.52. The van der Waals surface area contributed by atoms with Crippen LogP contribution in [0.3, 0.4) is 0 Å². The molecule has 11 N–H and O–H groups in total. The molecule has 1 aromatic rings. The van der Waals surface area contributed by atoms with Crippen LogP contribution < -0.4 is 22.1 Å². The number of ether oxygens (including phenoxy) is 2. The van der Waals surface area contributed by atoms with E-state index in [2.05, 4.69) is 19.8 Å². The number of aliphatic hydroxyl groups excluding tert-OH is 3. The van der Waals surface area contributed by atoms with Crippen LogP contribution >= 0.6 is 23.2 Å². The van der Waals surface area contributed by atoms with Crippen LogP contribution in [0.5, 0.6) is 5.75 Å². The van der Waals surface area contributed by atoms with Gasteiger partial charge in [-0.3, -0.25) is 23.9 Å². The number of likely N-dealkylation sites (tertiary alicyclic amines) is 1. The summed E-state index contributed by atoms with van der Waals surface area (Å²) in [5.41, 5.74) is 11.2. The zero-order valence-corrected chi connectivity index (χ0v) is 33.1. The standard InChI is InChI=1S/C34H52Cl2N6O13S/c1-2-5-25(54-33-29(46)28(45)26(16-53-33)55-56(50,51)52)27(41-31(48)24(44)13-17-6-9-23(43)20(36)12-17)32(49)42-21-15-19(35)8-7-18(21)14-22(42)30(47)39-10-3-4-11-40-34(37)38/h6,9,12,18-19,21-22,24-29,33,43-46H,2-5,7-8,10-11,13-16H2,1H3,(H,39,47)(H,41,48)(H4,37,38,40)(H,50,51,52)/t18-,19+,21-,22-,24+,25+,26+,27-,28-,29+,33+/m0/s1. The number of carbonyl (C=O) groups is 3. The number of aliphatic hydroxyl groups is 3. The molecule has 0 spiro atoms. The van der Waals surface area contributed by atoms with Gasteiger partial charge in [0.25, 0.3) is 0 Å². The topological polar surface area (TPSA) is 306 Å². The lowest BCUT2D eigenvalue weighted by Gasteiger charge is -2.41. The number of phenols is 1. The number of aromatic hydroxyl groups is 1. The number of alkyl halides is 1. The SMILES string of the molecule is CCC[C@@H](O[C@H]1OC[C@@H](OS(=O)(=O)O)[C@H](O)[C@H]1O)[C@H](NC(=O)[C@H](O)Cc1ccc(O)c(Cl)c1)C(=O)N1[C@H](C(=O)NCCCCN=C(N)N)C[C@@H]2CC[C@@H](Cl)C[C@@H]21. The Morgan fingerprint density at radius 2 is 1.88 bits per heavy atom. The van der Waals surface area contributed by atoms with E-state index in [-0.39, 0.29) is 47.4 Å². The molecule has 56 heavy (non-hydrogen) atoms. The summed E-state index contributed by atoms with van der Waals surface area (Å²) >= 11 is 12.6. The van der Waals surface area contributed by atoms with Crippen LogP contribution in [0.1, 0.15) is 63.9 Å². The number of carbonyl (C=O) groups excluding carboxylic acids is 3. The Balaban J connectivity index is 1.64. The number of nitrogens with one attached hydrogen (secondary N) is 2. The fourth-order valence-corrected chi connectivity index (χ4v) is 8.34. The third-order valence-corrected chi connectivity index (χ3v) is 11.3. The molecular weight excluding hydrogens is 803 g/mol. The molecule has 3 fully saturated rings. The summed E-state index contributed by atoms with van der Waals surface area (Å²) in [4.78, 5) is 47.9. The van der Waals surface area contributed by atoms with Gasteiger partial charge >= 0.3 is 10.4 Å². The number of aliphatic imine (C=N–C) groups is 1. The van der Waals surface area contributed by atoms with Crippen molar-refractivity contribution in [1.29, 1.82) is 0 Å². The molecular formula is C34H52Cl2N6O13S. The number of guanidine groups is 1. The van der Waals surface area contributed by atoms with Crippen LogP contribution in [0.15, 0.2) is 23.2 Å². The maximum absolute atomic E-state index is 15.0. The number of rotatable bonds is 18. The molecule has 3 amide bonds. The molecule has 1 aromatic carbocycles. The quantitative estimate of drug-likeness (QED) is 0.0294. The van der Waals surface area contributed by atoms with Crippen molar-refractivity contribution in [2.75, 3.05) is 19.7 Å². The van der Waals surface area contributed by atoms with E-state index in [9.17, 15) is 43.2 Å². The summed E-state index contributed by atoms with van der Waals surface area (Å²) < 4.78 is 47.7. The second-order valence-electron chi connectivity index (χ2n) is 14.2. The van der Waals surface area contributed by atoms with E-state index in [0.717, 1.165) is 0 Å². The molecule has 19 nitrogen and oxygen atoms in total. The van der Waals surface area contributed by atoms with Crippen molar-refractivity contribution >= 4 is 57.3 Å². The van der Waals surface area contributed by atoms with Crippen LogP contribution in [-0.2, 0) is 44.9 Å². The first kappa shape index (κ1) is 45.6. The molecule has 1 saturated carbocycles. The summed E-state index contributed by atoms with van der Waals surface area (Å²) in [7, 11) is -5.04. The fourth-order valence-electron chi connectivity index (χ4n) is 7.35. The number of benzene rings is 1. The van der Waals surface area contributed by atoms with Crippen LogP contribution in [-0.4, -0.2) is 142 Å². The largest absolute Gasteiger partial charge is 0.506 e. The zero-order chi connectivity index (χ0) is 41.3. The van der Waals surface area contributed by atoms with Crippen molar-refractivity contribution in [2.45, 2.75) is 125 Å². The number of phenolic OH excluding ortho intramolecular Hbond substituents is 1. The van der Waals surface area contributed by atoms with E-state index in [0.29, 0.717) is 57.1 Å². The van der Waals surface area contributed by atoms with Crippen molar-refractivity contribution in [2.24, 2.45) is 22.4 Å². The highest BCUT2D eigenvalue weighted by Crippen LogP contribution is 2.42. The van der Waals surface area contributed by atoms with Gasteiger partial charge < -0.3 is 56.9 Å². The molecule has 2 aliphatic heterocycles. The lowest BCUT2D eigenvalue weighted by molar-refractivity contribution is -0.281. The van der Waals surface area contributed by atoms with E-state index in [1.807, 2.05) is 0 Å². The molecule has 2 heterocycles. The molecule has 1 aliphatic carbocycles. The summed E-state index contributed by atoms with van der Waals surface area (Å²) in [6.45, 7) is 1.72. The first-order chi connectivity index (χ1) is 26.4. The highest BCUT2D eigenvalue weighted by atomic mass is 35.5. The van der Waals surface area contributed by atoms with Crippen molar-refractivity contribution in [3.8, 4) is 5.75 Å². The number of hydrogen-bond acceptors (Lipinski definition) is 13. The average molecular weight is 856 g/mol. The van der Waals surface area contributed by atoms with Gasteiger partial charge in [-0.1, -0.05) is 31.0 Å². The van der Waals surface area contributed by atoms with Crippen LogP contribution in [0, 0.1) is 5.92 Å². The molecule has 0 radical (unpaired) electrons. The molecule has 4 rings (SSSR count). The maximum atomic E-state index is 15.0. The minimum Gasteiger partial charge on any atom is -0.506 e. The molecule has 3 aliphatic rings. The summed E-state index contributed by atoms with van der Waals surface area (Å²) in [6, 6.07) is 1.03. The van der Waals surface area contributed by atoms with Crippen molar-refractivity contribution in [3.05, 3.63) is 28.8 Å². The Morgan fingerprint density at radius 3 is 2.54 bits per heavy atom. The molecule has 0 aromatic heterocycles. The van der Waals surface area contributed by atoms with Gasteiger partial charge in [-0.2, -0.15) is 8.42 Å². The van der Waals surface area contributed by atoms with Gasteiger partial charge in [-0.05, 0) is 68.6 Å². The lowest BCUT2D eigenvalue weighted by atomic mass is 9.84. The van der Waals surface area contributed by atoms with E-state index >= 15 is 0 Å². The number of amides is 3. The van der Waals surface area contributed by atoms with Gasteiger partial charge in [0.2, 0.25) is 17.7 Å². The van der Waals surface area contributed by atoms with E-state index in [1.54, 1.807) is 6.92 Å². The van der Waals surface area contributed by atoms with Gasteiger partial charge in [0, 0.05) is 30.9 Å². The van der Waals surface area contributed by atoms with Crippen molar-refractivity contribution in [3.63, 3.8) is 0 Å². The highest BCUT2D eigenvalue weighted by molar-refractivity contribution is 7.80. The normalized spacial score (nSPS) is 28.1. The third kappa shape index (κ3) is 12.5. The minimum absolute atomic E-state index is 0.0104. The van der Waals surface area contributed by atoms with Gasteiger partial charge in [0.05, 0.1) is 17.7 Å². The van der Waals surface area contributed by atoms with E-state index in [4.69, 9.17) is 48.7 Å². The van der Waals surface area contributed by atoms with E-state index in [1.165, 1.54) is 23.1 Å². The molecule has 0 bridgehead atoms. The maximum Gasteiger partial charge on any atom is 0.397 e. The van der Waals surface area contributed by atoms with Gasteiger partial charge in [0.1, 0.15) is 42.2 Å². The van der Waals surface area contributed by atoms with Crippen molar-refractivity contribution in [1.82, 2.24) is 15.5 Å². The van der Waals surface area contributed by atoms with Crippen LogP contribution in [0.25, 0.3) is 0 Å². The van der Waals surface area contributed by atoms with Crippen LogP contribution in [0.2, 0.25) is 5.02 Å². The van der Waals surface area contributed by atoms with E-state index < -0.39 is 89.7 Å². The van der Waals surface area contributed by atoms with Gasteiger partial charge in [-0.15, -0.1) is 11.6 Å². The first-order valence-corrected chi connectivity index (χ1v) is 20.6. The molecule has 2 saturated heterocycles. The Labute approximate surface area is 335 Å². The Bertz CT molecular complexity index is 1660. The zero-order valence-electron chi connectivity index (χ0n) is 30.8. The molecule has 316 valence electrons. The number of unbranched alkanes of at least 4 members (excludes halogenated alkanes) is 1. The van der Waals surface area contributed by atoms with Crippen molar-refractivity contribution < 1.29 is 61.4 Å². The highest BCUT2D eigenvalue weighted by Gasteiger charge is 2.52. The molecule has 22 heteroatoms. The number of halogens is 2. The Hall–Kier alpha value is -3.05. The summed E-state index contributed by atoms with van der Waals surface area (Å²) in [6.07, 6.45) is -7.11. The Morgan fingerprint density at radius 1 is 1.14 bits per heavy atom. The molecule has 0 unspecified atom stereocenters. The predicted octanol–water partition coefficient (Wildman–Crippen LogP) is -0.568. The Kier molecular flexibility index (Phi) is 16.8. The third-order valence-electron chi connectivity index (χ3n) is 10.1.